The van der Waals surface area contributed by atoms with E-state index in [1.807, 2.05) is 0 Å². The molecule has 2 rings (SSSR count). The lowest BCUT2D eigenvalue weighted by molar-refractivity contribution is 0.587. The second kappa shape index (κ2) is 2.51. The van der Waals surface area contributed by atoms with Crippen molar-refractivity contribution in [3.8, 4) is 0 Å². The first-order chi connectivity index (χ1) is 5.15. The monoisotopic (exact) mass is 191 g/mol. The summed E-state index contributed by atoms with van der Waals surface area (Å²) in [4.78, 5) is 0. The number of hydrogen-bond acceptors (Lipinski definition) is 1. The summed E-state index contributed by atoms with van der Waals surface area (Å²) in [5.74, 6) is 0. The Morgan fingerprint density at radius 3 is 1.64 bits per heavy atom. The molecule has 64 valence electrons. The smallest absolute Gasteiger partial charge is 0.145 e. The van der Waals surface area contributed by atoms with E-state index in [9.17, 15) is 0 Å². The standard InChI is InChI=1S/C6H14N3PS/c1-7(2)10(11,8-3-4-8)9-5-6-9/h3-6H2,1-2H3. The average Bonchev–Trinajstić information content (AvgIpc) is 2.79. The van der Waals surface area contributed by atoms with Crippen LogP contribution in [0.4, 0.5) is 0 Å². The van der Waals surface area contributed by atoms with Crippen LogP contribution in [0.2, 0.25) is 0 Å². The van der Waals surface area contributed by atoms with Gasteiger partial charge in [0.15, 0.2) is 0 Å². The Bertz CT molecular complexity index is 186. The Labute approximate surface area is 73.1 Å². The third-order valence-corrected chi connectivity index (χ3v) is 7.79. The molecule has 0 bridgehead atoms. The maximum absolute atomic E-state index is 5.69. The largest absolute Gasteiger partial charge is 0.258 e. The first-order valence-corrected chi connectivity index (χ1v) is 6.60. The van der Waals surface area contributed by atoms with Crippen molar-refractivity contribution in [2.24, 2.45) is 0 Å². The fraction of sp³-hybridized carbons (Fsp3) is 1.00. The van der Waals surface area contributed by atoms with E-state index >= 15 is 0 Å². The van der Waals surface area contributed by atoms with Crippen LogP contribution in [0.15, 0.2) is 0 Å². The molecule has 0 amide bonds. The first kappa shape index (κ1) is 8.14. The first-order valence-electron chi connectivity index (χ1n) is 3.94. The molecule has 0 saturated carbocycles. The molecule has 5 heteroatoms. The van der Waals surface area contributed by atoms with Crippen LogP contribution < -0.4 is 0 Å². The van der Waals surface area contributed by atoms with Crippen LogP contribution in [0.25, 0.3) is 0 Å². The lowest BCUT2D eigenvalue weighted by Crippen LogP contribution is -2.19. The van der Waals surface area contributed by atoms with Crippen molar-refractivity contribution >= 4 is 18.3 Å². The summed E-state index contributed by atoms with van der Waals surface area (Å²) in [5.41, 5.74) is 0. The zero-order valence-electron chi connectivity index (χ0n) is 7.03. The minimum Gasteiger partial charge on any atom is -0.258 e. The number of hydrogen-bond donors (Lipinski definition) is 0. The van der Waals surface area contributed by atoms with Gasteiger partial charge in [-0.2, -0.15) is 0 Å². The zero-order chi connectivity index (χ0) is 8.06. The van der Waals surface area contributed by atoms with Crippen LogP contribution >= 0.6 is 6.49 Å². The SMILES string of the molecule is CN(C)P(=S)(N1CC1)N1CC1. The van der Waals surface area contributed by atoms with Gasteiger partial charge in [-0.15, -0.1) is 0 Å². The molecule has 11 heavy (non-hydrogen) atoms. The molecule has 3 nitrogen and oxygen atoms in total. The van der Waals surface area contributed by atoms with E-state index in [4.69, 9.17) is 11.8 Å². The summed E-state index contributed by atoms with van der Waals surface area (Å²) in [5, 5.41) is 0. The van der Waals surface area contributed by atoms with E-state index in [0.29, 0.717) is 0 Å². The summed E-state index contributed by atoms with van der Waals surface area (Å²) in [6.45, 7) is 3.48. The van der Waals surface area contributed by atoms with E-state index in [0.717, 1.165) is 0 Å². The quantitative estimate of drug-likeness (QED) is 0.471. The third kappa shape index (κ3) is 1.27. The summed E-state index contributed by atoms with van der Waals surface area (Å²) >= 11 is 5.69. The molecular formula is C6H14N3PS. The summed E-state index contributed by atoms with van der Waals surface area (Å²) in [6.07, 6.45) is 0. The Balaban J connectivity index is 2.17. The molecule has 2 aliphatic rings. The lowest BCUT2D eigenvalue weighted by Gasteiger charge is -2.30. The molecule has 0 radical (unpaired) electrons. The highest BCUT2D eigenvalue weighted by Gasteiger charge is 2.45. The summed E-state index contributed by atoms with van der Waals surface area (Å²) in [6, 6.07) is 0. The molecule has 0 atom stereocenters. The highest BCUT2D eigenvalue weighted by molar-refractivity contribution is 8.11. The van der Waals surface area contributed by atoms with Gasteiger partial charge in [0.2, 0.25) is 0 Å². The molecule has 2 heterocycles. The Hall–Kier alpha value is 0.530. The molecule has 0 spiro atoms. The zero-order valence-corrected chi connectivity index (χ0v) is 8.74. The molecule has 0 aromatic carbocycles. The van der Waals surface area contributed by atoms with Crippen molar-refractivity contribution in [1.82, 2.24) is 14.0 Å². The van der Waals surface area contributed by atoms with Crippen molar-refractivity contribution < 1.29 is 0 Å². The van der Waals surface area contributed by atoms with Crippen LogP contribution in [-0.4, -0.2) is 54.3 Å². The van der Waals surface area contributed by atoms with E-state index < -0.39 is 6.49 Å². The van der Waals surface area contributed by atoms with Crippen molar-refractivity contribution in [1.29, 1.82) is 0 Å². The van der Waals surface area contributed by atoms with Gasteiger partial charge in [-0.25, -0.2) is 9.34 Å². The van der Waals surface area contributed by atoms with Gasteiger partial charge in [0.05, 0.1) is 0 Å². The predicted octanol–water partition coefficient (Wildman–Crippen LogP) is 0.404. The van der Waals surface area contributed by atoms with Gasteiger partial charge in [0.1, 0.15) is 6.49 Å². The van der Waals surface area contributed by atoms with Gasteiger partial charge >= 0.3 is 0 Å². The lowest BCUT2D eigenvalue weighted by atomic mass is 11.0. The van der Waals surface area contributed by atoms with Gasteiger partial charge in [-0.1, -0.05) is 0 Å². The molecule has 0 aromatic heterocycles. The van der Waals surface area contributed by atoms with E-state index in [1.54, 1.807) is 0 Å². The van der Waals surface area contributed by atoms with Gasteiger partial charge in [0.25, 0.3) is 0 Å². The minimum atomic E-state index is -1.38. The molecular weight excluding hydrogens is 177 g/mol. The maximum atomic E-state index is 5.69. The number of nitrogens with zero attached hydrogens (tertiary/aromatic N) is 3. The molecule has 2 fully saturated rings. The molecule has 0 unspecified atom stereocenters. The highest BCUT2D eigenvalue weighted by atomic mass is 32.4. The van der Waals surface area contributed by atoms with Crippen molar-refractivity contribution in [2.75, 3.05) is 40.3 Å². The second-order valence-corrected chi connectivity index (χ2v) is 7.70. The van der Waals surface area contributed by atoms with Crippen molar-refractivity contribution in [3.63, 3.8) is 0 Å². The van der Waals surface area contributed by atoms with Gasteiger partial charge in [-0.3, -0.25) is 4.67 Å². The van der Waals surface area contributed by atoms with E-state index in [-0.39, 0.29) is 0 Å². The highest BCUT2D eigenvalue weighted by Crippen LogP contribution is 2.61. The molecule has 2 aliphatic heterocycles. The third-order valence-electron chi connectivity index (χ3n) is 2.11. The molecule has 0 N–H and O–H groups in total. The van der Waals surface area contributed by atoms with E-state index in [1.165, 1.54) is 26.2 Å². The maximum Gasteiger partial charge on any atom is 0.145 e. The van der Waals surface area contributed by atoms with Crippen LogP contribution in [0.3, 0.4) is 0 Å². The van der Waals surface area contributed by atoms with E-state index in [2.05, 4.69) is 28.1 Å². The van der Waals surface area contributed by atoms with Gasteiger partial charge in [-0.05, 0) is 25.9 Å². The summed E-state index contributed by atoms with van der Waals surface area (Å²) in [7, 11) is 4.22. The fourth-order valence-corrected chi connectivity index (χ4v) is 4.87. The van der Waals surface area contributed by atoms with Gasteiger partial charge < -0.3 is 0 Å². The molecule has 0 aliphatic carbocycles. The minimum absolute atomic E-state index is 1.21. The Morgan fingerprint density at radius 2 is 1.45 bits per heavy atom. The molecule has 2 saturated heterocycles. The van der Waals surface area contributed by atoms with Crippen molar-refractivity contribution in [3.05, 3.63) is 0 Å². The van der Waals surface area contributed by atoms with Crippen LogP contribution in [0.5, 0.6) is 0 Å². The fourth-order valence-electron chi connectivity index (χ4n) is 1.30. The van der Waals surface area contributed by atoms with Crippen molar-refractivity contribution in [2.45, 2.75) is 0 Å². The molecule has 0 aromatic rings. The topological polar surface area (TPSA) is 9.26 Å². The number of rotatable bonds is 3. The normalized spacial score (nSPS) is 26.1. The second-order valence-electron chi connectivity index (χ2n) is 3.27. The van der Waals surface area contributed by atoms with Crippen LogP contribution in [-0.2, 0) is 11.8 Å². The summed E-state index contributed by atoms with van der Waals surface area (Å²) < 4.78 is 7.09. The Kier molecular flexibility index (Phi) is 1.86. The van der Waals surface area contributed by atoms with Crippen LogP contribution in [0.1, 0.15) is 0 Å². The average molecular weight is 191 g/mol. The van der Waals surface area contributed by atoms with Crippen LogP contribution in [0, 0.1) is 0 Å². The Morgan fingerprint density at radius 1 is 1.09 bits per heavy atom. The van der Waals surface area contributed by atoms with Gasteiger partial charge in [0, 0.05) is 26.2 Å². The predicted molar refractivity (Wildman–Crippen MR) is 51.1 cm³/mol.